The molecule has 0 saturated heterocycles. The van der Waals surface area contributed by atoms with Crippen molar-refractivity contribution in [3.63, 3.8) is 0 Å². The second kappa shape index (κ2) is 9.50. The lowest BCUT2D eigenvalue weighted by molar-refractivity contribution is -0.384. The van der Waals surface area contributed by atoms with Crippen LogP contribution in [-0.4, -0.2) is 30.7 Å². The highest BCUT2D eigenvalue weighted by Gasteiger charge is 2.12. The first-order valence-electron chi connectivity index (χ1n) is 9.42. The number of benzene rings is 3. The third kappa shape index (κ3) is 4.88. The molecule has 0 saturated carbocycles. The number of halogens is 1. The second-order valence-corrected chi connectivity index (χ2v) is 7.52. The van der Waals surface area contributed by atoms with Gasteiger partial charge in [0.15, 0.2) is 5.11 Å². The van der Waals surface area contributed by atoms with Gasteiger partial charge in [-0.1, -0.05) is 60.1 Å². The van der Waals surface area contributed by atoms with Gasteiger partial charge in [-0.2, -0.15) is 5.21 Å². The van der Waals surface area contributed by atoms with Crippen molar-refractivity contribution >= 4 is 40.3 Å². The number of nitro benzene ring substituents is 1. The van der Waals surface area contributed by atoms with Crippen LogP contribution in [0.5, 0.6) is 0 Å². The van der Waals surface area contributed by atoms with Crippen molar-refractivity contribution in [2.75, 3.05) is 5.32 Å². The van der Waals surface area contributed by atoms with Crippen LogP contribution in [0.4, 0.5) is 11.4 Å². The zero-order chi connectivity index (χ0) is 22.5. The first-order valence-corrected chi connectivity index (χ1v) is 10.2. The zero-order valence-electron chi connectivity index (χ0n) is 16.4. The maximum atomic E-state index is 10.8. The summed E-state index contributed by atoms with van der Waals surface area (Å²) in [6, 6.07) is 20.0. The summed E-state index contributed by atoms with van der Waals surface area (Å²) in [5.74, 6) is 0.535. The fourth-order valence-corrected chi connectivity index (χ4v) is 3.48. The predicted octanol–water partition coefficient (Wildman–Crippen LogP) is 4.58. The average Bonchev–Trinajstić information content (AvgIpc) is 3.34. The Kier molecular flexibility index (Phi) is 6.34. The molecule has 1 aromatic heterocycles. The van der Waals surface area contributed by atoms with Crippen molar-refractivity contribution in [3.05, 3.63) is 87.4 Å². The first kappa shape index (κ1) is 21.3. The monoisotopic (exact) mass is 465 g/mol. The number of thiocarbonyl (C=S) groups is 1. The van der Waals surface area contributed by atoms with Gasteiger partial charge in [-0.15, -0.1) is 10.2 Å². The Morgan fingerprint density at radius 2 is 1.84 bits per heavy atom. The summed E-state index contributed by atoms with van der Waals surface area (Å²) >= 11 is 11.4. The number of aromatic nitrogens is 4. The van der Waals surface area contributed by atoms with Crippen molar-refractivity contribution in [1.82, 2.24) is 25.9 Å². The molecule has 4 rings (SSSR count). The van der Waals surface area contributed by atoms with E-state index in [0.29, 0.717) is 23.2 Å². The first-order chi connectivity index (χ1) is 15.5. The summed E-state index contributed by atoms with van der Waals surface area (Å²) in [4.78, 5) is 10.3. The number of hydrogen-bond acceptors (Lipinski definition) is 6. The number of nitro groups is 1. The van der Waals surface area contributed by atoms with Gasteiger partial charge in [0.05, 0.1) is 15.6 Å². The lowest BCUT2D eigenvalue weighted by Crippen LogP contribution is -2.28. The molecule has 0 bridgehead atoms. The van der Waals surface area contributed by atoms with E-state index in [2.05, 4.69) is 31.3 Å². The van der Waals surface area contributed by atoms with E-state index >= 15 is 0 Å². The molecule has 160 valence electrons. The third-order valence-corrected chi connectivity index (χ3v) is 5.20. The minimum atomic E-state index is -0.503. The van der Waals surface area contributed by atoms with Gasteiger partial charge in [0, 0.05) is 24.2 Å². The molecule has 1 heterocycles. The van der Waals surface area contributed by atoms with Crippen LogP contribution in [0.25, 0.3) is 22.5 Å². The second-order valence-electron chi connectivity index (χ2n) is 6.71. The van der Waals surface area contributed by atoms with E-state index < -0.39 is 4.92 Å². The van der Waals surface area contributed by atoms with Gasteiger partial charge in [0.25, 0.3) is 5.69 Å². The van der Waals surface area contributed by atoms with E-state index in [9.17, 15) is 10.1 Å². The fourth-order valence-electron chi connectivity index (χ4n) is 3.08. The molecule has 32 heavy (non-hydrogen) atoms. The van der Waals surface area contributed by atoms with Crippen LogP contribution >= 0.6 is 23.8 Å². The van der Waals surface area contributed by atoms with Crippen LogP contribution in [0, 0.1) is 10.1 Å². The van der Waals surface area contributed by atoms with Crippen molar-refractivity contribution < 1.29 is 4.92 Å². The Balaban J connectivity index is 1.40. The molecule has 3 N–H and O–H groups in total. The molecule has 0 fully saturated rings. The van der Waals surface area contributed by atoms with Gasteiger partial charge in [0.2, 0.25) is 5.82 Å². The minimum Gasteiger partial charge on any atom is -0.358 e. The molecule has 0 amide bonds. The van der Waals surface area contributed by atoms with Crippen molar-refractivity contribution in [2.45, 2.75) is 6.54 Å². The highest BCUT2D eigenvalue weighted by atomic mass is 35.5. The minimum absolute atomic E-state index is 0.0829. The molecule has 0 atom stereocenters. The quantitative estimate of drug-likeness (QED) is 0.215. The Bertz CT molecular complexity index is 1260. The van der Waals surface area contributed by atoms with E-state index in [4.69, 9.17) is 23.8 Å². The van der Waals surface area contributed by atoms with Crippen LogP contribution in [0.1, 0.15) is 5.56 Å². The maximum absolute atomic E-state index is 10.8. The number of tetrazole rings is 1. The molecule has 0 unspecified atom stereocenters. The summed E-state index contributed by atoms with van der Waals surface area (Å²) in [5, 5.41) is 31.7. The average molecular weight is 466 g/mol. The molecule has 4 aromatic rings. The third-order valence-electron chi connectivity index (χ3n) is 4.64. The van der Waals surface area contributed by atoms with Crippen LogP contribution in [0.3, 0.4) is 0 Å². The number of anilines is 1. The van der Waals surface area contributed by atoms with E-state index in [1.54, 1.807) is 0 Å². The maximum Gasteiger partial charge on any atom is 0.271 e. The smallest absolute Gasteiger partial charge is 0.271 e. The normalized spacial score (nSPS) is 10.5. The van der Waals surface area contributed by atoms with Gasteiger partial charge >= 0.3 is 0 Å². The van der Waals surface area contributed by atoms with E-state index in [-0.39, 0.29) is 10.7 Å². The Hall–Kier alpha value is -3.89. The van der Waals surface area contributed by atoms with Crippen LogP contribution in [0.2, 0.25) is 5.02 Å². The molecular weight excluding hydrogens is 450 g/mol. The number of non-ortho nitro benzene ring substituents is 1. The fraction of sp³-hybridized carbons (Fsp3) is 0.0476. The number of aromatic amines is 1. The van der Waals surface area contributed by atoms with Gasteiger partial charge in [-0.3, -0.25) is 10.1 Å². The molecule has 0 aliphatic rings. The Labute approximate surface area is 193 Å². The molecule has 0 aliphatic heterocycles. The number of nitrogens with zero attached hydrogens (tertiary/aromatic N) is 4. The van der Waals surface area contributed by atoms with E-state index in [0.717, 1.165) is 22.3 Å². The topological polar surface area (TPSA) is 122 Å². The van der Waals surface area contributed by atoms with Gasteiger partial charge in [0.1, 0.15) is 0 Å². The standard InChI is InChI=1S/C21H16ClN7O2S/c22-18-11-15(29(30)31)9-10-19(18)24-21(32)23-12-13-5-7-14(8-6-13)16-3-1-2-4-17(16)20-25-27-28-26-20/h1-11H,12H2,(H2,23,24,32)(H,25,26,27,28). The highest BCUT2D eigenvalue weighted by Crippen LogP contribution is 2.30. The van der Waals surface area contributed by atoms with Crippen LogP contribution < -0.4 is 10.6 Å². The molecular formula is C21H16ClN7O2S. The molecule has 9 nitrogen and oxygen atoms in total. The van der Waals surface area contributed by atoms with E-state index in [1.807, 2.05) is 48.5 Å². The summed E-state index contributed by atoms with van der Waals surface area (Å²) in [7, 11) is 0. The van der Waals surface area contributed by atoms with Crippen molar-refractivity contribution in [2.24, 2.45) is 0 Å². The summed E-state index contributed by atoms with van der Waals surface area (Å²) in [6.45, 7) is 0.489. The van der Waals surface area contributed by atoms with Crippen LogP contribution in [0.15, 0.2) is 66.7 Å². The molecule has 3 aromatic carbocycles. The number of nitrogens with one attached hydrogen (secondary N) is 3. The SMILES string of the molecule is O=[N+]([O-])c1ccc(NC(=S)NCc2ccc(-c3ccccc3-c3nn[nH]n3)cc2)c(Cl)c1. The predicted molar refractivity (Wildman–Crippen MR) is 126 cm³/mol. The Morgan fingerprint density at radius 3 is 2.50 bits per heavy atom. The van der Waals surface area contributed by atoms with Gasteiger partial charge in [-0.05, 0) is 40.2 Å². The molecule has 0 radical (unpaired) electrons. The van der Waals surface area contributed by atoms with Crippen molar-refractivity contribution in [3.8, 4) is 22.5 Å². The molecule has 0 aliphatic carbocycles. The van der Waals surface area contributed by atoms with Gasteiger partial charge in [-0.25, -0.2) is 0 Å². The number of rotatable bonds is 6. The largest absolute Gasteiger partial charge is 0.358 e. The number of hydrogen-bond donors (Lipinski definition) is 3. The van der Waals surface area contributed by atoms with E-state index in [1.165, 1.54) is 18.2 Å². The summed E-state index contributed by atoms with van der Waals surface area (Å²) < 4.78 is 0. The van der Waals surface area contributed by atoms with Crippen molar-refractivity contribution in [1.29, 1.82) is 0 Å². The summed E-state index contributed by atoms with van der Waals surface area (Å²) in [5.41, 5.74) is 4.33. The number of H-pyrrole nitrogens is 1. The highest BCUT2D eigenvalue weighted by molar-refractivity contribution is 7.80. The molecule has 0 spiro atoms. The van der Waals surface area contributed by atoms with Crippen LogP contribution in [-0.2, 0) is 6.54 Å². The molecule has 11 heteroatoms. The van der Waals surface area contributed by atoms with Gasteiger partial charge < -0.3 is 10.6 Å². The lowest BCUT2D eigenvalue weighted by atomic mass is 9.98. The zero-order valence-corrected chi connectivity index (χ0v) is 18.0. The summed E-state index contributed by atoms with van der Waals surface area (Å²) in [6.07, 6.45) is 0. The lowest BCUT2D eigenvalue weighted by Gasteiger charge is -2.12. The Morgan fingerprint density at radius 1 is 1.09 bits per heavy atom.